The highest BCUT2D eigenvalue weighted by Crippen LogP contribution is 2.11. The van der Waals surface area contributed by atoms with E-state index in [1.54, 1.807) is 32.9 Å². The lowest BCUT2D eigenvalue weighted by Gasteiger charge is -2.26. The summed E-state index contributed by atoms with van der Waals surface area (Å²) in [6, 6.07) is 5.99. The predicted octanol–water partition coefficient (Wildman–Crippen LogP) is 2.78. The molecule has 1 amide bonds. The first-order valence-corrected chi connectivity index (χ1v) is 7.00. The van der Waals surface area contributed by atoms with Gasteiger partial charge in [-0.1, -0.05) is 12.1 Å². The molecule has 22 heavy (non-hydrogen) atoms. The Morgan fingerprint density at radius 2 is 1.77 bits per heavy atom. The lowest BCUT2D eigenvalue weighted by atomic mass is 10.1. The van der Waals surface area contributed by atoms with Gasteiger partial charge in [-0.15, -0.1) is 0 Å². The van der Waals surface area contributed by atoms with Gasteiger partial charge in [0.2, 0.25) is 0 Å². The van der Waals surface area contributed by atoms with Gasteiger partial charge in [0.05, 0.1) is 7.11 Å². The first-order valence-electron chi connectivity index (χ1n) is 7.00. The van der Waals surface area contributed by atoms with E-state index in [4.69, 9.17) is 4.74 Å². The number of amides is 1. The van der Waals surface area contributed by atoms with Crippen LogP contribution in [-0.2, 0) is 20.7 Å². The molecule has 0 aliphatic rings. The summed E-state index contributed by atoms with van der Waals surface area (Å²) < 4.78 is 22.7. The Balaban J connectivity index is 2.70. The van der Waals surface area contributed by atoms with Gasteiger partial charge in [-0.25, -0.2) is 9.18 Å². The summed E-state index contributed by atoms with van der Waals surface area (Å²) in [5, 5.41) is 0. The number of halogens is 1. The third kappa shape index (κ3) is 6.56. The van der Waals surface area contributed by atoms with Gasteiger partial charge in [0.1, 0.15) is 18.0 Å². The van der Waals surface area contributed by atoms with E-state index in [1.807, 2.05) is 0 Å². The van der Waals surface area contributed by atoms with Crippen molar-refractivity contribution in [1.82, 2.24) is 4.90 Å². The fourth-order valence-corrected chi connectivity index (χ4v) is 1.70. The van der Waals surface area contributed by atoms with E-state index in [0.29, 0.717) is 6.42 Å². The molecule has 5 nitrogen and oxygen atoms in total. The Morgan fingerprint density at radius 1 is 1.18 bits per heavy atom. The monoisotopic (exact) mass is 311 g/mol. The number of methoxy groups -OCH3 is 1. The van der Waals surface area contributed by atoms with Crippen LogP contribution in [0.15, 0.2) is 24.3 Å². The number of hydrogen-bond donors (Lipinski definition) is 0. The molecule has 122 valence electrons. The molecule has 0 spiro atoms. The van der Waals surface area contributed by atoms with Crippen molar-refractivity contribution in [2.24, 2.45) is 0 Å². The molecule has 0 saturated carbocycles. The van der Waals surface area contributed by atoms with Gasteiger partial charge in [-0.05, 0) is 44.9 Å². The maximum atomic E-state index is 12.9. The van der Waals surface area contributed by atoms with Crippen LogP contribution in [0, 0.1) is 5.82 Å². The van der Waals surface area contributed by atoms with Crippen molar-refractivity contribution in [3.05, 3.63) is 35.6 Å². The van der Waals surface area contributed by atoms with Crippen LogP contribution >= 0.6 is 0 Å². The molecular formula is C16H22FNO4. The molecule has 1 aromatic carbocycles. The number of ether oxygens (including phenoxy) is 2. The molecule has 6 heteroatoms. The fourth-order valence-electron chi connectivity index (χ4n) is 1.70. The summed E-state index contributed by atoms with van der Waals surface area (Å²) in [5.74, 6) is -0.840. The van der Waals surface area contributed by atoms with Crippen LogP contribution in [-0.4, -0.2) is 42.8 Å². The number of rotatable bonds is 5. The molecule has 0 bridgehead atoms. The molecule has 0 radical (unpaired) electrons. The Kier molecular flexibility index (Phi) is 6.34. The highest BCUT2D eigenvalue weighted by atomic mass is 19.1. The first-order chi connectivity index (χ1) is 10.2. The van der Waals surface area contributed by atoms with Crippen LogP contribution in [0.5, 0.6) is 0 Å². The van der Waals surface area contributed by atoms with Crippen LogP contribution in [0.1, 0.15) is 26.3 Å². The predicted molar refractivity (Wildman–Crippen MR) is 79.9 cm³/mol. The van der Waals surface area contributed by atoms with Gasteiger partial charge >= 0.3 is 12.1 Å². The van der Waals surface area contributed by atoms with Crippen LogP contribution in [0.2, 0.25) is 0 Å². The molecule has 0 aliphatic carbocycles. The standard InChI is InChI=1S/C16H22FNO4/c1-16(2,3)22-15(20)18(11-14(19)21-4)10-9-12-5-7-13(17)8-6-12/h5-8H,9-11H2,1-4H3. The second-order valence-electron chi connectivity index (χ2n) is 5.85. The van der Waals surface area contributed by atoms with Crippen molar-refractivity contribution in [1.29, 1.82) is 0 Å². The minimum atomic E-state index is -0.651. The average molecular weight is 311 g/mol. The van der Waals surface area contributed by atoms with Crippen LogP contribution in [0.25, 0.3) is 0 Å². The smallest absolute Gasteiger partial charge is 0.410 e. The highest BCUT2D eigenvalue weighted by molar-refractivity contribution is 5.78. The number of benzene rings is 1. The van der Waals surface area contributed by atoms with Crippen molar-refractivity contribution in [2.75, 3.05) is 20.2 Å². The summed E-state index contributed by atoms with van der Waals surface area (Å²) in [7, 11) is 1.26. The van der Waals surface area contributed by atoms with Crippen molar-refractivity contribution in [2.45, 2.75) is 32.8 Å². The molecule has 1 aromatic rings. The number of carbonyl (C=O) groups is 2. The third-order valence-corrected chi connectivity index (χ3v) is 2.78. The van der Waals surface area contributed by atoms with Gasteiger partial charge in [0.25, 0.3) is 0 Å². The first kappa shape index (κ1) is 17.9. The fraction of sp³-hybridized carbons (Fsp3) is 0.500. The van der Waals surface area contributed by atoms with Gasteiger partial charge in [-0.2, -0.15) is 0 Å². The third-order valence-electron chi connectivity index (χ3n) is 2.78. The lowest BCUT2D eigenvalue weighted by Crippen LogP contribution is -2.41. The summed E-state index contributed by atoms with van der Waals surface area (Å²) in [6.07, 6.45) is -0.101. The van der Waals surface area contributed by atoms with E-state index in [2.05, 4.69) is 4.74 Å². The van der Waals surface area contributed by atoms with E-state index in [0.717, 1.165) is 5.56 Å². The van der Waals surface area contributed by atoms with E-state index >= 15 is 0 Å². The Hall–Kier alpha value is -2.11. The minimum Gasteiger partial charge on any atom is -0.468 e. The van der Waals surface area contributed by atoms with E-state index in [9.17, 15) is 14.0 Å². The zero-order valence-corrected chi connectivity index (χ0v) is 13.4. The normalized spacial score (nSPS) is 11.0. The molecule has 0 fully saturated rings. The van der Waals surface area contributed by atoms with Gasteiger partial charge in [-0.3, -0.25) is 9.69 Å². The molecule has 0 aliphatic heterocycles. The Bertz CT molecular complexity index is 508. The topological polar surface area (TPSA) is 55.8 Å². The number of nitrogens with zero attached hydrogens (tertiary/aromatic N) is 1. The molecule has 0 N–H and O–H groups in total. The summed E-state index contributed by atoms with van der Waals surface area (Å²) in [6.45, 7) is 5.34. The zero-order chi connectivity index (χ0) is 16.8. The molecular weight excluding hydrogens is 289 g/mol. The van der Waals surface area contributed by atoms with E-state index < -0.39 is 17.7 Å². The van der Waals surface area contributed by atoms with Gasteiger partial charge in [0.15, 0.2) is 0 Å². The molecule has 0 saturated heterocycles. The maximum absolute atomic E-state index is 12.9. The van der Waals surface area contributed by atoms with Crippen LogP contribution < -0.4 is 0 Å². The van der Waals surface area contributed by atoms with Crippen LogP contribution in [0.3, 0.4) is 0 Å². The lowest BCUT2D eigenvalue weighted by molar-refractivity contribution is -0.141. The van der Waals surface area contributed by atoms with Crippen molar-refractivity contribution >= 4 is 12.1 Å². The molecule has 0 heterocycles. The number of esters is 1. The second kappa shape index (κ2) is 7.77. The summed E-state index contributed by atoms with van der Waals surface area (Å²) in [5.41, 5.74) is 0.209. The maximum Gasteiger partial charge on any atom is 0.410 e. The van der Waals surface area contributed by atoms with Crippen LogP contribution in [0.4, 0.5) is 9.18 Å². The SMILES string of the molecule is COC(=O)CN(CCc1ccc(F)cc1)C(=O)OC(C)(C)C. The van der Waals surface area contributed by atoms with Gasteiger partial charge in [0, 0.05) is 6.54 Å². The average Bonchev–Trinajstić information content (AvgIpc) is 2.42. The summed E-state index contributed by atoms with van der Waals surface area (Å²) in [4.78, 5) is 24.8. The number of carbonyl (C=O) groups excluding carboxylic acids is 2. The van der Waals surface area contributed by atoms with Crippen molar-refractivity contribution in [3.8, 4) is 0 Å². The van der Waals surface area contributed by atoms with Crippen molar-refractivity contribution < 1.29 is 23.5 Å². The molecule has 0 unspecified atom stereocenters. The number of hydrogen-bond acceptors (Lipinski definition) is 4. The summed E-state index contributed by atoms with van der Waals surface area (Å²) >= 11 is 0. The van der Waals surface area contributed by atoms with E-state index in [-0.39, 0.29) is 18.9 Å². The zero-order valence-electron chi connectivity index (χ0n) is 13.4. The van der Waals surface area contributed by atoms with E-state index in [1.165, 1.54) is 24.1 Å². The molecule has 0 atom stereocenters. The largest absolute Gasteiger partial charge is 0.468 e. The molecule has 1 rings (SSSR count). The Labute approximate surface area is 130 Å². The second-order valence-corrected chi connectivity index (χ2v) is 5.85. The highest BCUT2D eigenvalue weighted by Gasteiger charge is 2.24. The molecule has 0 aromatic heterocycles. The minimum absolute atomic E-state index is 0.188. The van der Waals surface area contributed by atoms with Crippen molar-refractivity contribution in [3.63, 3.8) is 0 Å². The van der Waals surface area contributed by atoms with Gasteiger partial charge < -0.3 is 9.47 Å². The Morgan fingerprint density at radius 3 is 2.27 bits per heavy atom. The quantitative estimate of drug-likeness (QED) is 0.785.